The van der Waals surface area contributed by atoms with Gasteiger partial charge in [-0.05, 0) is 46.3 Å². The van der Waals surface area contributed by atoms with Crippen LogP contribution < -0.4 is 4.90 Å². The molecule has 1 aromatic heterocycles. The van der Waals surface area contributed by atoms with E-state index in [9.17, 15) is 9.18 Å². The first kappa shape index (κ1) is 19.0. The lowest BCUT2D eigenvalue weighted by molar-refractivity contribution is -0.117. The van der Waals surface area contributed by atoms with Crippen molar-refractivity contribution in [2.24, 2.45) is 0 Å². The number of carbonyl (C=O) groups is 1. The second kappa shape index (κ2) is 7.69. The summed E-state index contributed by atoms with van der Waals surface area (Å²) in [6.07, 6.45) is 0.377. The molecule has 0 aliphatic carbocycles. The SMILES string of the molecule is O=C1CC(c2nc3ccccc3n2Cc2ccccc2F)CN1c1ccccc1Br. The van der Waals surface area contributed by atoms with Gasteiger partial charge in [0.2, 0.25) is 5.91 Å². The van der Waals surface area contributed by atoms with Gasteiger partial charge in [0.1, 0.15) is 11.6 Å². The van der Waals surface area contributed by atoms with Crippen molar-refractivity contribution in [3.8, 4) is 0 Å². The quantitative estimate of drug-likeness (QED) is 0.400. The number of carbonyl (C=O) groups excluding carboxylic acids is 1. The van der Waals surface area contributed by atoms with Crippen molar-refractivity contribution in [2.45, 2.75) is 18.9 Å². The lowest BCUT2D eigenvalue weighted by atomic mass is 10.1. The smallest absolute Gasteiger partial charge is 0.227 e. The molecular formula is C24H19BrFN3O. The highest BCUT2D eigenvalue weighted by Crippen LogP contribution is 2.36. The third-order valence-electron chi connectivity index (χ3n) is 5.60. The van der Waals surface area contributed by atoms with E-state index in [1.807, 2.05) is 59.5 Å². The Bertz CT molecular complexity index is 1250. The Morgan fingerprint density at radius 1 is 1.00 bits per heavy atom. The van der Waals surface area contributed by atoms with E-state index >= 15 is 0 Å². The third kappa shape index (κ3) is 3.31. The number of amides is 1. The molecule has 6 heteroatoms. The van der Waals surface area contributed by atoms with Crippen LogP contribution in [0.1, 0.15) is 23.7 Å². The number of hydrogen-bond acceptors (Lipinski definition) is 2. The maximum absolute atomic E-state index is 14.4. The van der Waals surface area contributed by atoms with Crippen LogP contribution in [0.15, 0.2) is 77.3 Å². The zero-order chi connectivity index (χ0) is 20.7. The monoisotopic (exact) mass is 463 g/mol. The largest absolute Gasteiger partial charge is 0.323 e. The predicted octanol–water partition coefficient (Wildman–Crippen LogP) is 5.51. The average Bonchev–Trinajstić information content (AvgIpc) is 3.31. The van der Waals surface area contributed by atoms with E-state index in [2.05, 4.69) is 20.5 Å². The van der Waals surface area contributed by atoms with E-state index in [4.69, 9.17) is 4.98 Å². The van der Waals surface area contributed by atoms with Crippen LogP contribution in [0.3, 0.4) is 0 Å². The minimum absolute atomic E-state index is 0.0659. The number of para-hydroxylation sites is 3. The van der Waals surface area contributed by atoms with Crippen molar-refractivity contribution < 1.29 is 9.18 Å². The summed E-state index contributed by atoms with van der Waals surface area (Å²) in [5, 5.41) is 0. The van der Waals surface area contributed by atoms with E-state index in [-0.39, 0.29) is 17.6 Å². The molecule has 5 rings (SSSR count). The number of hydrogen-bond donors (Lipinski definition) is 0. The molecule has 1 unspecified atom stereocenters. The Hall–Kier alpha value is -2.99. The zero-order valence-electron chi connectivity index (χ0n) is 16.1. The van der Waals surface area contributed by atoms with Gasteiger partial charge in [0, 0.05) is 28.9 Å². The van der Waals surface area contributed by atoms with Crippen LogP contribution in [-0.4, -0.2) is 22.0 Å². The Morgan fingerprint density at radius 2 is 1.73 bits per heavy atom. The maximum atomic E-state index is 14.4. The summed E-state index contributed by atoms with van der Waals surface area (Å²) in [6.45, 7) is 0.921. The van der Waals surface area contributed by atoms with Crippen LogP contribution in [0.2, 0.25) is 0 Å². The number of fused-ring (bicyclic) bond motifs is 1. The molecule has 4 nitrogen and oxygen atoms in total. The molecular weight excluding hydrogens is 445 g/mol. The highest BCUT2D eigenvalue weighted by Gasteiger charge is 2.35. The van der Waals surface area contributed by atoms with Crippen molar-refractivity contribution in [1.82, 2.24) is 9.55 Å². The van der Waals surface area contributed by atoms with Crippen molar-refractivity contribution in [3.05, 3.63) is 94.5 Å². The molecule has 1 atom stereocenters. The fourth-order valence-corrected chi connectivity index (χ4v) is 4.65. The number of nitrogens with zero attached hydrogens (tertiary/aromatic N) is 3. The number of benzene rings is 3. The Morgan fingerprint density at radius 3 is 2.57 bits per heavy atom. The molecule has 0 spiro atoms. The molecule has 1 saturated heterocycles. The Kier molecular flexibility index (Phi) is 4.87. The van der Waals surface area contributed by atoms with Crippen LogP contribution in [0, 0.1) is 5.82 Å². The Labute approximate surface area is 182 Å². The fraction of sp³-hybridized carbons (Fsp3) is 0.167. The van der Waals surface area contributed by atoms with Gasteiger partial charge < -0.3 is 9.47 Å². The maximum Gasteiger partial charge on any atom is 0.227 e. The first-order valence-corrected chi connectivity index (χ1v) is 10.6. The van der Waals surface area contributed by atoms with Crippen LogP contribution in [0.5, 0.6) is 0 Å². The normalized spacial score (nSPS) is 16.5. The highest BCUT2D eigenvalue weighted by atomic mass is 79.9. The van der Waals surface area contributed by atoms with E-state index in [1.165, 1.54) is 6.07 Å². The minimum atomic E-state index is -0.237. The molecule has 1 amide bonds. The van der Waals surface area contributed by atoms with Crippen molar-refractivity contribution >= 4 is 38.6 Å². The average molecular weight is 464 g/mol. The van der Waals surface area contributed by atoms with Gasteiger partial charge in [0.05, 0.1) is 23.3 Å². The summed E-state index contributed by atoms with van der Waals surface area (Å²) in [7, 11) is 0. The molecule has 0 bridgehead atoms. The molecule has 4 aromatic rings. The summed E-state index contributed by atoms with van der Waals surface area (Å²) in [5.74, 6) is 0.584. The van der Waals surface area contributed by atoms with Gasteiger partial charge in [0.15, 0.2) is 0 Å². The molecule has 0 radical (unpaired) electrons. The van der Waals surface area contributed by atoms with Crippen LogP contribution in [-0.2, 0) is 11.3 Å². The first-order valence-electron chi connectivity index (χ1n) is 9.85. The van der Waals surface area contributed by atoms with Crippen LogP contribution in [0.25, 0.3) is 11.0 Å². The summed E-state index contributed by atoms with van der Waals surface area (Å²) in [4.78, 5) is 19.5. The van der Waals surface area contributed by atoms with Gasteiger partial charge in [0.25, 0.3) is 0 Å². The predicted molar refractivity (Wildman–Crippen MR) is 119 cm³/mol. The van der Waals surface area contributed by atoms with E-state index in [0.29, 0.717) is 25.1 Å². The van der Waals surface area contributed by atoms with Crippen LogP contribution in [0.4, 0.5) is 10.1 Å². The van der Waals surface area contributed by atoms with Gasteiger partial charge in [-0.15, -0.1) is 0 Å². The molecule has 150 valence electrons. The van der Waals surface area contributed by atoms with Gasteiger partial charge in [-0.25, -0.2) is 9.37 Å². The number of anilines is 1. The summed E-state index contributed by atoms with van der Waals surface area (Å²) < 4.78 is 17.3. The lowest BCUT2D eigenvalue weighted by Crippen LogP contribution is -2.25. The van der Waals surface area contributed by atoms with Crippen LogP contribution >= 0.6 is 15.9 Å². The number of imidazole rings is 1. The molecule has 0 N–H and O–H groups in total. The van der Waals surface area contributed by atoms with Crippen molar-refractivity contribution in [3.63, 3.8) is 0 Å². The lowest BCUT2D eigenvalue weighted by Gasteiger charge is -2.19. The number of aromatic nitrogens is 2. The topological polar surface area (TPSA) is 38.1 Å². The molecule has 1 fully saturated rings. The van der Waals surface area contributed by atoms with E-state index in [0.717, 1.165) is 27.0 Å². The third-order valence-corrected chi connectivity index (χ3v) is 6.27. The second-order valence-corrected chi connectivity index (χ2v) is 8.35. The minimum Gasteiger partial charge on any atom is -0.323 e. The zero-order valence-corrected chi connectivity index (χ0v) is 17.7. The second-order valence-electron chi connectivity index (χ2n) is 7.49. The van der Waals surface area contributed by atoms with E-state index < -0.39 is 0 Å². The first-order chi connectivity index (χ1) is 14.6. The van der Waals surface area contributed by atoms with Crippen molar-refractivity contribution in [2.75, 3.05) is 11.4 Å². The molecule has 3 aromatic carbocycles. The molecule has 1 aliphatic rings. The molecule has 1 aliphatic heterocycles. The fourth-order valence-electron chi connectivity index (χ4n) is 4.15. The summed E-state index contributed by atoms with van der Waals surface area (Å²) in [5.41, 5.74) is 3.27. The van der Waals surface area contributed by atoms with Gasteiger partial charge in [-0.1, -0.05) is 42.5 Å². The van der Waals surface area contributed by atoms with Gasteiger partial charge in [-0.3, -0.25) is 4.79 Å². The summed E-state index contributed by atoms with van der Waals surface area (Å²) >= 11 is 3.55. The molecule has 0 saturated carbocycles. The van der Waals surface area contributed by atoms with Crippen molar-refractivity contribution in [1.29, 1.82) is 0 Å². The van der Waals surface area contributed by atoms with Gasteiger partial charge in [-0.2, -0.15) is 0 Å². The highest BCUT2D eigenvalue weighted by molar-refractivity contribution is 9.10. The summed E-state index contributed by atoms with van der Waals surface area (Å²) in [6, 6.07) is 22.4. The standard InChI is InChI=1S/C24H19BrFN3O/c25-18-8-2-5-11-21(18)28-15-17(13-23(28)30)24-27-20-10-4-6-12-22(20)29(24)14-16-7-1-3-9-19(16)26/h1-12,17H,13-15H2. The number of halogens is 2. The van der Waals surface area contributed by atoms with E-state index in [1.54, 1.807) is 12.1 Å². The Balaban J connectivity index is 1.55. The number of rotatable bonds is 4. The molecule has 2 heterocycles. The molecule has 30 heavy (non-hydrogen) atoms. The van der Waals surface area contributed by atoms with Gasteiger partial charge >= 0.3 is 0 Å².